The molecule has 2 unspecified atom stereocenters. The smallest absolute Gasteiger partial charge is 0.291 e. The molecular weight excluding hydrogens is 404 g/mol. The SMILES string of the molecule is Cc1ccc(C2C(C(=O)c3c(C)nc4ccccn34)C(=O)C(=O)N2CCCN(C)C)cc1. The Bertz CT molecular complexity index is 1180. The monoisotopic (exact) mass is 432 g/mol. The number of imidazole rings is 1. The van der Waals surface area contributed by atoms with Gasteiger partial charge in [-0.1, -0.05) is 35.9 Å². The summed E-state index contributed by atoms with van der Waals surface area (Å²) in [6.07, 6.45) is 2.48. The van der Waals surface area contributed by atoms with Gasteiger partial charge in [0, 0.05) is 12.7 Å². The normalized spacial score (nSPS) is 18.8. The fourth-order valence-electron chi connectivity index (χ4n) is 4.48. The number of fused-ring (bicyclic) bond motifs is 1. The molecule has 7 heteroatoms. The second-order valence-corrected chi connectivity index (χ2v) is 8.69. The van der Waals surface area contributed by atoms with E-state index in [9.17, 15) is 14.4 Å². The molecule has 1 fully saturated rings. The van der Waals surface area contributed by atoms with Crippen molar-refractivity contribution in [3.63, 3.8) is 0 Å². The van der Waals surface area contributed by atoms with Crippen LogP contribution in [0.1, 0.15) is 39.8 Å². The van der Waals surface area contributed by atoms with E-state index in [-0.39, 0.29) is 5.78 Å². The van der Waals surface area contributed by atoms with Crippen LogP contribution in [0.2, 0.25) is 0 Å². The first-order valence-electron chi connectivity index (χ1n) is 10.8. The molecule has 1 aromatic carbocycles. The molecule has 3 heterocycles. The molecule has 3 aromatic rings. The summed E-state index contributed by atoms with van der Waals surface area (Å²) >= 11 is 0. The Labute approximate surface area is 187 Å². The molecule has 2 atom stereocenters. The molecule has 166 valence electrons. The molecule has 0 aliphatic carbocycles. The first kappa shape index (κ1) is 21.9. The summed E-state index contributed by atoms with van der Waals surface area (Å²) in [7, 11) is 3.93. The van der Waals surface area contributed by atoms with Gasteiger partial charge < -0.3 is 9.80 Å². The van der Waals surface area contributed by atoms with Crippen LogP contribution in [-0.2, 0) is 9.59 Å². The molecule has 1 aliphatic heterocycles. The van der Waals surface area contributed by atoms with Crippen molar-refractivity contribution in [3.05, 3.63) is 71.2 Å². The Hall–Kier alpha value is -3.32. The van der Waals surface area contributed by atoms with Gasteiger partial charge in [0.05, 0.1) is 11.7 Å². The largest absolute Gasteiger partial charge is 0.328 e. The van der Waals surface area contributed by atoms with Crippen molar-refractivity contribution in [1.82, 2.24) is 19.2 Å². The van der Waals surface area contributed by atoms with Gasteiger partial charge in [0.2, 0.25) is 5.78 Å². The zero-order chi connectivity index (χ0) is 23.0. The van der Waals surface area contributed by atoms with Gasteiger partial charge >= 0.3 is 0 Å². The molecule has 1 aliphatic rings. The molecule has 1 amide bonds. The highest BCUT2D eigenvalue weighted by Crippen LogP contribution is 2.38. The standard InChI is InChI=1S/C25H28N4O3/c1-16-9-11-18(12-10-16)22-20(24(31)25(32)29(22)15-7-13-27(3)4)23(30)21-17(2)26-19-8-5-6-14-28(19)21/h5-6,8-12,14,20,22H,7,13,15H2,1-4H3. The van der Waals surface area contributed by atoms with E-state index in [1.54, 1.807) is 22.4 Å². The molecular formula is C25H28N4O3. The molecule has 0 spiro atoms. The second-order valence-electron chi connectivity index (χ2n) is 8.69. The Kier molecular flexibility index (Phi) is 5.93. The van der Waals surface area contributed by atoms with E-state index in [1.165, 1.54) is 0 Å². The van der Waals surface area contributed by atoms with Gasteiger partial charge in [-0.15, -0.1) is 0 Å². The third-order valence-corrected chi connectivity index (χ3v) is 6.05. The molecule has 4 rings (SSSR count). The second kappa shape index (κ2) is 8.67. The molecule has 0 radical (unpaired) electrons. The van der Waals surface area contributed by atoms with E-state index < -0.39 is 23.7 Å². The zero-order valence-corrected chi connectivity index (χ0v) is 18.9. The van der Waals surface area contributed by atoms with Crippen molar-refractivity contribution in [2.24, 2.45) is 5.92 Å². The van der Waals surface area contributed by atoms with Crippen LogP contribution < -0.4 is 0 Å². The van der Waals surface area contributed by atoms with Crippen LogP contribution in [0.4, 0.5) is 0 Å². The minimum absolute atomic E-state index is 0.360. The number of rotatable bonds is 7. The van der Waals surface area contributed by atoms with Crippen LogP contribution >= 0.6 is 0 Å². The quantitative estimate of drug-likeness (QED) is 0.326. The minimum Gasteiger partial charge on any atom is -0.328 e. The molecule has 1 saturated heterocycles. The van der Waals surface area contributed by atoms with E-state index in [0.717, 1.165) is 17.7 Å². The highest BCUT2D eigenvalue weighted by atomic mass is 16.2. The van der Waals surface area contributed by atoms with Gasteiger partial charge in [-0.3, -0.25) is 18.8 Å². The van der Waals surface area contributed by atoms with Crippen molar-refractivity contribution in [3.8, 4) is 0 Å². The number of Topliss-reactive ketones (excluding diaryl/α,β-unsaturated/α-hetero) is 2. The van der Waals surface area contributed by atoms with Crippen LogP contribution in [0.5, 0.6) is 0 Å². The Morgan fingerprint density at radius 1 is 1.06 bits per heavy atom. The minimum atomic E-state index is -1.09. The van der Waals surface area contributed by atoms with Gasteiger partial charge in [-0.25, -0.2) is 4.98 Å². The van der Waals surface area contributed by atoms with Gasteiger partial charge in [0.25, 0.3) is 5.91 Å². The van der Waals surface area contributed by atoms with E-state index >= 15 is 0 Å². The summed E-state index contributed by atoms with van der Waals surface area (Å²) in [6, 6.07) is 12.6. The first-order valence-corrected chi connectivity index (χ1v) is 10.8. The van der Waals surface area contributed by atoms with Crippen molar-refractivity contribution >= 4 is 23.1 Å². The van der Waals surface area contributed by atoms with E-state index in [0.29, 0.717) is 30.0 Å². The number of aromatic nitrogens is 2. The van der Waals surface area contributed by atoms with Gasteiger partial charge in [-0.05, 0) is 58.6 Å². The average molecular weight is 433 g/mol. The summed E-state index contributed by atoms with van der Waals surface area (Å²) in [4.78, 5) is 48.1. The lowest BCUT2D eigenvalue weighted by Gasteiger charge is -2.27. The van der Waals surface area contributed by atoms with E-state index in [4.69, 9.17) is 0 Å². The number of amides is 1. The number of benzene rings is 1. The number of nitrogens with zero attached hydrogens (tertiary/aromatic N) is 4. The molecule has 0 saturated carbocycles. The number of carbonyl (C=O) groups excluding carboxylic acids is 3. The fourth-order valence-corrected chi connectivity index (χ4v) is 4.48. The molecule has 32 heavy (non-hydrogen) atoms. The Balaban J connectivity index is 1.78. The van der Waals surface area contributed by atoms with Crippen LogP contribution in [0.3, 0.4) is 0 Å². The molecule has 2 aromatic heterocycles. The lowest BCUT2D eigenvalue weighted by molar-refractivity contribution is -0.140. The molecule has 0 N–H and O–H groups in total. The lowest BCUT2D eigenvalue weighted by atomic mass is 9.87. The molecule has 0 bridgehead atoms. The number of likely N-dealkylation sites (tertiary alicyclic amines) is 1. The third-order valence-electron chi connectivity index (χ3n) is 6.05. The zero-order valence-electron chi connectivity index (χ0n) is 18.9. The van der Waals surface area contributed by atoms with Crippen LogP contribution in [0.25, 0.3) is 5.65 Å². The fraction of sp³-hybridized carbons (Fsp3) is 0.360. The van der Waals surface area contributed by atoms with Gasteiger partial charge in [0.1, 0.15) is 17.3 Å². The average Bonchev–Trinajstić information content (AvgIpc) is 3.22. The van der Waals surface area contributed by atoms with E-state index in [2.05, 4.69) is 4.98 Å². The number of carbonyl (C=O) groups is 3. The Morgan fingerprint density at radius 3 is 2.47 bits per heavy atom. The highest BCUT2D eigenvalue weighted by molar-refractivity contribution is 6.44. The number of hydrogen-bond donors (Lipinski definition) is 0. The first-order chi connectivity index (χ1) is 15.3. The maximum atomic E-state index is 13.8. The highest BCUT2D eigenvalue weighted by Gasteiger charge is 2.52. The summed E-state index contributed by atoms with van der Waals surface area (Å²) < 4.78 is 1.70. The number of ketones is 2. The number of hydrogen-bond acceptors (Lipinski definition) is 5. The topological polar surface area (TPSA) is 75.0 Å². The lowest BCUT2D eigenvalue weighted by Crippen LogP contribution is -2.33. The third kappa shape index (κ3) is 3.84. The van der Waals surface area contributed by atoms with E-state index in [1.807, 2.05) is 68.4 Å². The van der Waals surface area contributed by atoms with Gasteiger partial charge in [0.15, 0.2) is 5.78 Å². The maximum Gasteiger partial charge on any atom is 0.291 e. The van der Waals surface area contributed by atoms with Gasteiger partial charge in [-0.2, -0.15) is 0 Å². The van der Waals surface area contributed by atoms with Crippen LogP contribution in [0.15, 0.2) is 48.7 Å². The maximum absolute atomic E-state index is 13.8. The van der Waals surface area contributed by atoms with Crippen LogP contribution in [-0.4, -0.2) is 63.8 Å². The summed E-state index contributed by atoms with van der Waals surface area (Å²) in [5.74, 6) is -2.68. The number of aryl methyl sites for hydroxylation is 2. The summed E-state index contributed by atoms with van der Waals surface area (Å²) in [6.45, 7) is 4.94. The van der Waals surface area contributed by atoms with Crippen molar-refractivity contribution in [2.45, 2.75) is 26.3 Å². The van der Waals surface area contributed by atoms with Crippen molar-refractivity contribution in [2.75, 3.05) is 27.2 Å². The summed E-state index contributed by atoms with van der Waals surface area (Å²) in [5, 5.41) is 0. The number of pyridine rings is 1. The van der Waals surface area contributed by atoms with Crippen LogP contribution in [0, 0.1) is 19.8 Å². The Morgan fingerprint density at radius 2 is 1.78 bits per heavy atom. The van der Waals surface area contributed by atoms with Crippen molar-refractivity contribution < 1.29 is 14.4 Å². The predicted octanol–water partition coefficient (Wildman–Crippen LogP) is 2.85. The summed E-state index contributed by atoms with van der Waals surface area (Å²) in [5.41, 5.74) is 3.42. The molecule has 7 nitrogen and oxygen atoms in total. The predicted molar refractivity (Wildman–Crippen MR) is 122 cm³/mol. The van der Waals surface area contributed by atoms with Crippen molar-refractivity contribution in [1.29, 1.82) is 0 Å².